The molecule has 0 amide bonds. The van der Waals surface area contributed by atoms with E-state index in [0.717, 1.165) is 29.1 Å². The molecule has 0 unspecified atom stereocenters. The van der Waals surface area contributed by atoms with Crippen molar-refractivity contribution in [3.05, 3.63) is 30.1 Å². The number of hydrogen-bond acceptors (Lipinski definition) is 8. The third-order valence-corrected chi connectivity index (χ3v) is 6.26. The first-order valence-corrected chi connectivity index (χ1v) is 12.4. The second-order valence-corrected chi connectivity index (χ2v) is 10.3. The number of nitrogens with zero attached hydrogens (tertiary/aromatic N) is 5. The van der Waals surface area contributed by atoms with Gasteiger partial charge in [-0.3, -0.25) is 4.72 Å². The van der Waals surface area contributed by atoms with Gasteiger partial charge in [-0.25, -0.2) is 23.4 Å². The van der Waals surface area contributed by atoms with Crippen molar-refractivity contribution in [1.82, 2.24) is 19.5 Å². The average Bonchev–Trinajstić information content (AvgIpc) is 3.13. The fourth-order valence-corrected chi connectivity index (χ4v) is 4.77. The van der Waals surface area contributed by atoms with Gasteiger partial charge < -0.3 is 18.9 Å². The molecule has 32 heavy (non-hydrogen) atoms. The first-order chi connectivity index (χ1) is 15.2. The maximum Gasteiger partial charge on any atom is 0.229 e. The number of fused-ring (bicyclic) bond motifs is 3. The second kappa shape index (κ2) is 7.68. The van der Waals surface area contributed by atoms with Gasteiger partial charge in [-0.15, -0.1) is 0 Å². The normalized spacial score (nSPS) is 18.5. The molecule has 0 aliphatic carbocycles. The van der Waals surface area contributed by atoms with Gasteiger partial charge in [0, 0.05) is 25.2 Å². The van der Waals surface area contributed by atoms with Crippen LogP contribution in [0.2, 0.25) is 0 Å². The average molecular weight is 459 g/mol. The minimum Gasteiger partial charge on any atom is -0.378 e. The Labute approximate surface area is 186 Å². The fourth-order valence-electron chi connectivity index (χ4n) is 4.20. The summed E-state index contributed by atoms with van der Waals surface area (Å²) < 4.78 is 40.0. The van der Waals surface area contributed by atoms with Crippen molar-refractivity contribution in [3.63, 3.8) is 0 Å². The number of hydrogen-bond donors (Lipinski definition) is 1. The predicted molar refractivity (Wildman–Crippen MR) is 121 cm³/mol. The molecule has 0 atom stereocenters. The number of rotatable bonds is 4. The fraction of sp³-hybridized carbons (Fsp3) is 0.476. The lowest BCUT2D eigenvalue weighted by Crippen LogP contribution is -2.37. The Balaban J connectivity index is 1.75. The first kappa shape index (κ1) is 21.1. The van der Waals surface area contributed by atoms with Crippen LogP contribution in [0.5, 0.6) is 0 Å². The van der Waals surface area contributed by atoms with Crippen LogP contribution in [-0.2, 0) is 31.6 Å². The van der Waals surface area contributed by atoms with Crippen molar-refractivity contribution in [2.45, 2.75) is 26.0 Å². The molecule has 1 aromatic carbocycles. The summed E-state index contributed by atoms with van der Waals surface area (Å²) in [5.41, 5.74) is 1.94. The van der Waals surface area contributed by atoms with E-state index < -0.39 is 15.6 Å². The van der Waals surface area contributed by atoms with Crippen molar-refractivity contribution in [1.29, 1.82) is 0 Å². The van der Waals surface area contributed by atoms with E-state index in [-0.39, 0.29) is 0 Å². The third-order valence-electron chi connectivity index (χ3n) is 5.67. The molecule has 4 heterocycles. The highest BCUT2D eigenvalue weighted by atomic mass is 32.2. The highest BCUT2D eigenvalue weighted by Gasteiger charge is 2.34. The molecule has 1 fully saturated rings. The number of morpholine rings is 1. The SMILES string of the molecule is CC1(C)OCCn2c1nc1c(N3CCOCC3)nc(-c3ccccc3NS(C)(=O)=O)nc12. The summed E-state index contributed by atoms with van der Waals surface area (Å²) in [6.07, 6.45) is 1.13. The number of sulfonamides is 1. The van der Waals surface area contributed by atoms with Crippen LogP contribution < -0.4 is 9.62 Å². The van der Waals surface area contributed by atoms with Crippen LogP contribution in [0.4, 0.5) is 11.5 Å². The third kappa shape index (κ3) is 3.80. The lowest BCUT2D eigenvalue weighted by molar-refractivity contribution is -0.0530. The molecular formula is C21H26N6O4S. The van der Waals surface area contributed by atoms with E-state index in [0.29, 0.717) is 56.5 Å². The summed E-state index contributed by atoms with van der Waals surface area (Å²) in [4.78, 5) is 16.8. The zero-order valence-corrected chi connectivity index (χ0v) is 19.1. The minimum atomic E-state index is -3.47. The minimum absolute atomic E-state index is 0.435. The Morgan fingerprint density at radius 3 is 2.53 bits per heavy atom. The summed E-state index contributed by atoms with van der Waals surface area (Å²) in [5.74, 6) is 1.97. The molecule has 11 heteroatoms. The van der Waals surface area contributed by atoms with Crippen LogP contribution in [-0.4, -0.2) is 67.1 Å². The zero-order valence-electron chi connectivity index (χ0n) is 18.3. The van der Waals surface area contributed by atoms with Gasteiger partial charge >= 0.3 is 0 Å². The number of benzene rings is 1. The molecule has 2 aliphatic rings. The molecule has 3 aromatic rings. The molecule has 0 spiro atoms. The number of nitrogens with one attached hydrogen (secondary N) is 1. The molecule has 0 bridgehead atoms. The van der Waals surface area contributed by atoms with E-state index in [1.807, 2.05) is 26.0 Å². The maximum absolute atomic E-state index is 11.9. The maximum atomic E-state index is 11.9. The van der Waals surface area contributed by atoms with E-state index in [9.17, 15) is 8.42 Å². The van der Waals surface area contributed by atoms with Crippen LogP contribution >= 0.6 is 0 Å². The molecule has 2 aliphatic heterocycles. The molecule has 0 saturated carbocycles. The summed E-state index contributed by atoms with van der Waals surface area (Å²) in [6, 6.07) is 7.14. The Morgan fingerprint density at radius 1 is 1.03 bits per heavy atom. The molecule has 1 N–H and O–H groups in total. The van der Waals surface area contributed by atoms with Crippen LogP contribution in [0.25, 0.3) is 22.6 Å². The Bertz CT molecular complexity index is 1280. The first-order valence-electron chi connectivity index (χ1n) is 10.6. The van der Waals surface area contributed by atoms with E-state index in [1.54, 1.807) is 12.1 Å². The van der Waals surface area contributed by atoms with Gasteiger partial charge in [0.1, 0.15) is 11.4 Å². The second-order valence-electron chi connectivity index (χ2n) is 8.51. The van der Waals surface area contributed by atoms with Crippen LogP contribution in [0, 0.1) is 0 Å². The quantitative estimate of drug-likeness (QED) is 0.632. The summed E-state index contributed by atoms with van der Waals surface area (Å²) in [5, 5.41) is 0. The zero-order chi connectivity index (χ0) is 22.5. The van der Waals surface area contributed by atoms with Crippen molar-refractivity contribution in [2.24, 2.45) is 0 Å². The Kier molecular flexibility index (Phi) is 5.06. The molecule has 1 saturated heterocycles. The van der Waals surface area contributed by atoms with Gasteiger partial charge in [0.2, 0.25) is 10.0 Å². The van der Waals surface area contributed by atoms with Crippen molar-refractivity contribution in [2.75, 3.05) is 48.8 Å². The van der Waals surface area contributed by atoms with Gasteiger partial charge in [0.25, 0.3) is 0 Å². The van der Waals surface area contributed by atoms with Gasteiger partial charge in [-0.05, 0) is 26.0 Å². The van der Waals surface area contributed by atoms with Gasteiger partial charge in [0.05, 0.1) is 31.8 Å². The van der Waals surface area contributed by atoms with Gasteiger partial charge in [0.15, 0.2) is 22.8 Å². The van der Waals surface area contributed by atoms with Crippen molar-refractivity contribution in [3.8, 4) is 11.4 Å². The summed E-state index contributed by atoms with van der Waals surface area (Å²) >= 11 is 0. The monoisotopic (exact) mass is 458 g/mol. The molecular weight excluding hydrogens is 432 g/mol. The van der Waals surface area contributed by atoms with Crippen LogP contribution in [0.1, 0.15) is 19.7 Å². The van der Waals surface area contributed by atoms with E-state index >= 15 is 0 Å². The van der Waals surface area contributed by atoms with E-state index in [1.165, 1.54) is 0 Å². The highest BCUT2D eigenvalue weighted by Crippen LogP contribution is 2.36. The van der Waals surface area contributed by atoms with Crippen molar-refractivity contribution < 1.29 is 17.9 Å². The predicted octanol–water partition coefficient (Wildman–Crippen LogP) is 1.97. The largest absolute Gasteiger partial charge is 0.378 e. The Morgan fingerprint density at radius 2 is 1.78 bits per heavy atom. The van der Waals surface area contributed by atoms with Gasteiger partial charge in [-0.1, -0.05) is 12.1 Å². The smallest absolute Gasteiger partial charge is 0.229 e. The lowest BCUT2D eigenvalue weighted by atomic mass is 10.1. The topological polar surface area (TPSA) is 111 Å². The summed E-state index contributed by atoms with van der Waals surface area (Å²) in [7, 11) is -3.47. The molecule has 2 aromatic heterocycles. The lowest BCUT2D eigenvalue weighted by Gasteiger charge is -2.30. The number of aromatic nitrogens is 4. The Hall–Kier alpha value is -2.76. The number of anilines is 2. The van der Waals surface area contributed by atoms with Crippen molar-refractivity contribution >= 4 is 32.7 Å². The van der Waals surface area contributed by atoms with Crippen LogP contribution in [0.15, 0.2) is 24.3 Å². The van der Waals surface area contributed by atoms with Gasteiger partial charge in [-0.2, -0.15) is 0 Å². The molecule has 10 nitrogen and oxygen atoms in total. The number of imidazole rings is 1. The summed E-state index contributed by atoms with van der Waals surface area (Å²) in [6.45, 7) is 7.79. The number of para-hydroxylation sites is 1. The number of ether oxygens (including phenoxy) is 2. The molecule has 170 valence electrons. The van der Waals surface area contributed by atoms with E-state index in [2.05, 4.69) is 14.2 Å². The molecule has 5 rings (SSSR count). The molecule has 0 radical (unpaired) electrons. The highest BCUT2D eigenvalue weighted by molar-refractivity contribution is 7.92. The standard InChI is InChI=1S/C21H26N6O4S/c1-21(2)20-22-16-18(26-8-11-30-12-9-26)23-17(24-19(16)27(20)10-13-31-21)14-6-4-5-7-15(14)25-32(3,28)29/h4-7,25H,8-13H2,1-3H3. The van der Waals surface area contributed by atoms with E-state index in [4.69, 9.17) is 24.4 Å². The van der Waals surface area contributed by atoms with Crippen LogP contribution in [0.3, 0.4) is 0 Å².